The van der Waals surface area contributed by atoms with Crippen molar-refractivity contribution >= 4 is 24.1 Å². The van der Waals surface area contributed by atoms with Gasteiger partial charge in [-0.15, -0.1) is 12.4 Å². The molecule has 6 heteroatoms. The first kappa shape index (κ1) is 19.6. The molecule has 5 nitrogen and oxygen atoms in total. The minimum atomic E-state index is -0.131. The van der Waals surface area contributed by atoms with Gasteiger partial charge in [-0.1, -0.05) is 19.1 Å². The third-order valence-electron chi connectivity index (χ3n) is 2.86. The van der Waals surface area contributed by atoms with E-state index >= 15 is 0 Å². The van der Waals surface area contributed by atoms with Gasteiger partial charge in [-0.25, -0.2) is 0 Å². The monoisotopic (exact) mass is 314 g/mol. The molecule has 0 saturated carbocycles. The van der Waals surface area contributed by atoms with E-state index in [9.17, 15) is 9.59 Å². The standard InChI is InChI=1S/C15H22N2O3.ClH/c1-3-14(18)12-4-6-13(7-5-12)15(19)17-9-8-16-10-11-20-2;/h4-7,16H,3,8-11H2,1-2H3,(H,17,19);1H. The largest absolute Gasteiger partial charge is 0.383 e. The zero-order valence-electron chi connectivity index (χ0n) is 12.5. The smallest absolute Gasteiger partial charge is 0.251 e. The second kappa shape index (κ2) is 11.3. The number of hydrogen-bond donors (Lipinski definition) is 2. The van der Waals surface area contributed by atoms with Crippen LogP contribution in [0.15, 0.2) is 24.3 Å². The highest BCUT2D eigenvalue weighted by atomic mass is 35.5. The molecule has 0 unspecified atom stereocenters. The second-order valence-corrected chi connectivity index (χ2v) is 4.35. The van der Waals surface area contributed by atoms with E-state index in [1.54, 1.807) is 31.4 Å². The molecule has 0 aliphatic carbocycles. The van der Waals surface area contributed by atoms with Gasteiger partial charge in [-0.05, 0) is 12.1 Å². The summed E-state index contributed by atoms with van der Waals surface area (Å²) in [5.41, 5.74) is 1.21. The maximum Gasteiger partial charge on any atom is 0.251 e. The van der Waals surface area contributed by atoms with Crippen molar-refractivity contribution in [1.82, 2.24) is 10.6 Å². The van der Waals surface area contributed by atoms with Gasteiger partial charge in [0.05, 0.1) is 6.61 Å². The maximum atomic E-state index is 11.8. The minimum absolute atomic E-state index is 0. The van der Waals surface area contributed by atoms with Gasteiger partial charge in [0.1, 0.15) is 0 Å². The number of nitrogens with one attached hydrogen (secondary N) is 2. The van der Waals surface area contributed by atoms with E-state index in [4.69, 9.17) is 4.74 Å². The van der Waals surface area contributed by atoms with E-state index in [-0.39, 0.29) is 24.1 Å². The number of methoxy groups -OCH3 is 1. The third kappa shape index (κ3) is 7.22. The van der Waals surface area contributed by atoms with Gasteiger partial charge in [0.25, 0.3) is 5.91 Å². The second-order valence-electron chi connectivity index (χ2n) is 4.35. The summed E-state index contributed by atoms with van der Waals surface area (Å²) < 4.78 is 4.90. The molecule has 2 N–H and O–H groups in total. The molecule has 21 heavy (non-hydrogen) atoms. The van der Waals surface area contributed by atoms with Crippen LogP contribution in [0.25, 0.3) is 0 Å². The van der Waals surface area contributed by atoms with Gasteiger partial charge in [0.15, 0.2) is 5.78 Å². The first-order valence-electron chi connectivity index (χ1n) is 6.80. The molecule has 1 amide bonds. The lowest BCUT2D eigenvalue weighted by atomic mass is 10.1. The molecular weight excluding hydrogens is 292 g/mol. The Kier molecular flexibility index (Phi) is 10.5. The predicted molar refractivity (Wildman–Crippen MR) is 85.4 cm³/mol. The van der Waals surface area contributed by atoms with Gasteiger partial charge in [-0.3, -0.25) is 9.59 Å². The van der Waals surface area contributed by atoms with Crippen molar-refractivity contribution in [3.05, 3.63) is 35.4 Å². The summed E-state index contributed by atoms with van der Waals surface area (Å²) in [7, 11) is 1.65. The van der Waals surface area contributed by atoms with Crippen LogP contribution in [0.1, 0.15) is 34.1 Å². The van der Waals surface area contributed by atoms with Gasteiger partial charge in [0, 0.05) is 44.3 Å². The van der Waals surface area contributed by atoms with Crippen molar-refractivity contribution in [2.75, 3.05) is 33.4 Å². The molecule has 0 spiro atoms. The fourth-order valence-corrected chi connectivity index (χ4v) is 1.68. The van der Waals surface area contributed by atoms with E-state index in [0.717, 1.165) is 6.54 Å². The van der Waals surface area contributed by atoms with E-state index in [0.29, 0.717) is 37.2 Å². The van der Waals surface area contributed by atoms with E-state index in [1.807, 2.05) is 6.92 Å². The zero-order chi connectivity index (χ0) is 14.8. The van der Waals surface area contributed by atoms with Gasteiger partial charge in [-0.2, -0.15) is 0 Å². The molecule has 0 fully saturated rings. The van der Waals surface area contributed by atoms with Gasteiger partial charge in [0.2, 0.25) is 0 Å². The Morgan fingerprint density at radius 2 is 1.67 bits per heavy atom. The van der Waals surface area contributed by atoms with Crippen LogP contribution in [0.3, 0.4) is 0 Å². The minimum Gasteiger partial charge on any atom is -0.383 e. The number of benzene rings is 1. The van der Waals surface area contributed by atoms with Gasteiger partial charge >= 0.3 is 0 Å². The zero-order valence-corrected chi connectivity index (χ0v) is 13.3. The fraction of sp³-hybridized carbons (Fsp3) is 0.467. The van der Waals surface area contributed by atoms with Crippen LogP contribution in [0.4, 0.5) is 0 Å². The Labute approximate surface area is 131 Å². The molecule has 0 radical (unpaired) electrons. The molecule has 0 aromatic heterocycles. The number of halogens is 1. The average Bonchev–Trinajstić information content (AvgIpc) is 2.50. The molecular formula is C15H23ClN2O3. The summed E-state index contributed by atoms with van der Waals surface area (Å²) >= 11 is 0. The van der Waals surface area contributed by atoms with Crippen LogP contribution in [-0.4, -0.2) is 45.0 Å². The van der Waals surface area contributed by atoms with Crippen molar-refractivity contribution in [1.29, 1.82) is 0 Å². The molecule has 0 heterocycles. The number of rotatable bonds is 9. The summed E-state index contributed by atoms with van der Waals surface area (Å²) in [5, 5.41) is 5.95. The average molecular weight is 315 g/mol. The molecule has 1 rings (SSSR count). The van der Waals surface area contributed by atoms with Crippen LogP contribution in [0.2, 0.25) is 0 Å². The number of carbonyl (C=O) groups is 2. The number of hydrogen-bond acceptors (Lipinski definition) is 4. The summed E-state index contributed by atoms with van der Waals surface area (Å²) in [4.78, 5) is 23.3. The quantitative estimate of drug-likeness (QED) is 0.537. The predicted octanol–water partition coefficient (Wildman–Crippen LogP) is 1.67. The molecule has 0 aliphatic rings. The number of carbonyl (C=O) groups excluding carboxylic acids is 2. The number of Topliss-reactive ketones (excluding diaryl/α,β-unsaturated/α-hetero) is 1. The van der Waals surface area contributed by atoms with Gasteiger partial charge < -0.3 is 15.4 Å². The lowest BCUT2D eigenvalue weighted by Crippen LogP contribution is -2.33. The van der Waals surface area contributed by atoms with Crippen molar-refractivity contribution in [3.8, 4) is 0 Å². The molecule has 0 saturated heterocycles. The lowest BCUT2D eigenvalue weighted by Gasteiger charge is -2.07. The molecule has 0 atom stereocenters. The van der Waals surface area contributed by atoms with Crippen LogP contribution in [0, 0.1) is 0 Å². The summed E-state index contributed by atoms with van der Waals surface area (Å²) in [6, 6.07) is 6.74. The molecule has 118 valence electrons. The Morgan fingerprint density at radius 3 is 2.24 bits per heavy atom. The molecule has 1 aromatic carbocycles. The number of ketones is 1. The van der Waals surface area contributed by atoms with E-state index in [1.165, 1.54) is 0 Å². The highest BCUT2D eigenvalue weighted by Gasteiger charge is 2.07. The third-order valence-corrected chi connectivity index (χ3v) is 2.86. The van der Waals surface area contributed by atoms with Crippen molar-refractivity contribution < 1.29 is 14.3 Å². The highest BCUT2D eigenvalue weighted by Crippen LogP contribution is 2.06. The highest BCUT2D eigenvalue weighted by molar-refractivity contribution is 5.98. The number of amides is 1. The first-order valence-corrected chi connectivity index (χ1v) is 6.80. The van der Waals surface area contributed by atoms with E-state index < -0.39 is 0 Å². The summed E-state index contributed by atoms with van der Waals surface area (Å²) in [5.74, 6) is -0.0478. The fourth-order valence-electron chi connectivity index (χ4n) is 1.68. The number of ether oxygens (including phenoxy) is 1. The van der Waals surface area contributed by atoms with Crippen molar-refractivity contribution in [3.63, 3.8) is 0 Å². The SMILES string of the molecule is CCC(=O)c1ccc(C(=O)NCCNCCOC)cc1.Cl. The normalized spacial score (nSPS) is 9.81. The van der Waals surface area contributed by atoms with Crippen LogP contribution < -0.4 is 10.6 Å². The molecule has 0 bridgehead atoms. The first-order chi connectivity index (χ1) is 9.69. The maximum absolute atomic E-state index is 11.8. The Morgan fingerprint density at radius 1 is 1.05 bits per heavy atom. The Bertz CT molecular complexity index is 435. The van der Waals surface area contributed by atoms with Crippen LogP contribution >= 0.6 is 12.4 Å². The van der Waals surface area contributed by atoms with Crippen LogP contribution in [-0.2, 0) is 4.74 Å². The molecule has 1 aromatic rings. The van der Waals surface area contributed by atoms with E-state index in [2.05, 4.69) is 10.6 Å². The Balaban J connectivity index is 0.00000400. The van der Waals surface area contributed by atoms with Crippen molar-refractivity contribution in [2.45, 2.75) is 13.3 Å². The van der Waals surface area contributed by atoms with Crippen molar-refractivity contribution in [2.24, 2.45) is 0 Å². The lowest BCUT2D eigenvalue weighted by molar-refractivity contribution is 0.0950. The summed E-state index contributed by atoms with van der Waals surface area (Å²) in [6.07, 6.45) is 0.471. The molecule has 0 aliphatic heterocycles. The topological polar surface area (TPSA) is 67.4 Å². The van der Waals surface area contributed by atoms with Crippen LogP contribution in [0.5, 0.6) is 0 Å². The summed E-state index contributed by atoms with van der Waals surface area (Å²) in [6.45, 7) is 4.49. The Hall–Kier alpha value is -1.43.